The molecule has 7 heavy (non-hydrogen) atoms. The standard InChI is InChI=1S/C2H4N4S/c3-6-1-2(7)4-5-6/h1,7H,3H2. The molecule has 1 aromatic rings. The number of rotatable bonds is 0. The molecule has 0 atom stereocenters. The van der Waals surface area contributed by atoms with Crippen molar-refractivity contribution in [2.24, 2.45) is 0 Å². The lowest BCUT2D eigenvalue weighted by molar-refractivity contribution is 0.761. The van der Waals surface area contributed by atoms with Gasteiger partial charge >= 0.3 is 0 Å². The zero-order chi connectivity index (χ0) is 5.28. The van der Waals surface area contributed by atoms with Gasteiger partial charge in [0.25, 0.3) is 0 Å². The maximum absolute atomic E-state index is 5.07. The van der Waals surface area contributed by atoms with Crippen molar-refractivity contribution in [2.45, 2.75) is 5.03 Å². The Hall–Kier alpha value is -0.710. The highest BCUT2D eigenvalue weighted by Crippen LogP contribution is 1.92. The molecule has 0 saturated heterocycles. The van der Waals surface area contributed by atoms with E-state index in [1.807, 2.05) is 0 Å². The molecule has 0 aromatic carbocycles. The summed E-state index contributed by atoms with van der Waals surface area (Å²) >= 11 is 3.83. The highest BCUT2D eigenvalue weighted by atomic mass is 32.1. The van der Waals surface area contributed by atoms with E-state index in [9.17, 15) is 0 Å². The molecule has 5 heteroatoms. The second kappa shape index (κ2) is 1.42. The molecule has 0 radical (unpaired) electrons. The maximum atomic E-state index is 5.07. The zero-order valence-corrected chi connectivity index (χ0v) is 4.34. The fourth-order valence-corrected chi connectivity index (χ4v) is 0.426. The molecule has 38 valence electrons. The van der Waals surface area contributed by atoms with Gasteiger partial charge in [-0.3, -0.25) is 0 Å². The van der Waals surface area contributed by atoms with Gasteiger partial charge in [-0.05, 0) is 5.21 Å². The van der Waals surface area contributed by atoms with E-state index in [4.69, 9.17) is 5.84 Å². The van der Waals surface area contributed by atoms with Crippen LogP contribution in [-0.2, 0) is 0 Å². The van der Waals surface area contributed by atoms with Crippen LogP contribution in [0.4, 0.5) is 0 Å². The summed E-state index contributed by atoms with van der Waals surface area (Å²) in [6.45, 7) is 0. The first-order chi connectivity index (χ1) is 3.29. The number of hydrogen-bond donors (Lipinski definition) is 2. The summed E-state index contributed by atoms with van der Waals surface area (Å²) in [5.74, 6) is 5.07. The van der Waals surface area contributed by atoms with E-state index in [-0.39, 0.29) is 0 Å². The second-order valence-corrected chi connectivity index (χ2v) is 1.51. The lowest BCUT2D eigenvalue weighted by Crippen LogP contribution is -2.07. The average molecular weight is 116 g/mol. The summed E-state index contributed by atoms with van der Waals surface area (Å²) in [5, 5.41) is 7.38. The minimum Gasteiger partial charge on any atom is -0.322 e. The fourth-order valence-electron chi connectivity index (χ4n) is 0.267. The van der Waals surface area contributed by atoms with Gasteiger partial charge in [-0.1, -0.05) is 0 Å². The summed E-state index contributed by atoms with van der Waals surface area (Å²) in [6.07, 6.45) is 1.50. The predicted molar refractivity (Wildman–Crippen MR) is 27.4 cm³/mol. The van der Waals surface area contributed by atoms with Crippen molar-refractivity contribution in [3.05, 3.63) is 6.20 Å². The van der Waals surface area contributed by atoms with Crippen molar-refractivity contribution < 1.29 is 0 Å². The summed E-state index contributed by atoms with van der Waals surface area (Å²) in [4.78, 5) is 1.10. The molecule has 0 aliphatic rings. The minimum absolute atomic E-state index is 0.530. The Bertz CT molecular complexity index is 142. The first-order valence-corrected chi connectivity index (χ1v) is 2.10. The number of hydrogen-bond acceptors (Lipinski definition) is 4. The molecule has 0 aliphatic heterocycles. The largest absolute Gasteiger partial charge is 0.322 e. The Balaban J connectivity index is 3.04. The van der Waals surface area contributed by atoms with Gasteiger partial charge in [-0.2, -0.15) is 4.79 Å². The van der Waals surface area contributed by atoms with Crippen molar-refractivity contribution in [1.82, 2.24) is 15.1 Å². The van der Waals surface area contributed by atoms with Crippen LogP contribution < -0.4 is 5.84 Å². The Kier molecular flexibility index (Phi) is 0.900. The molecule has 2 N–H and O–H groups in total. The van der Waals surface area contributed by atoms with Gasteiger partial charge in [-0.25, -0.2) is 0 Å². The van der Waals surface area contributed by atoms with E-state index in [2.05, 4.69) is 22.9 Å². The van der Waals surface area contributed by atoms with Gasteiger partial charge in [0.2, 0.25) is 0 Å². The summed E-state index contributed by atoms with van der Waals surface area (Å²) in [5.41, 5.74) is 0. The number of nitrogen functional groups attached to an aromatic ring is 1. The Morgan fingerprint density at radius 3 is 2.71 bits per heavy atom. The molecule has 0 unspecified atom stereocenters. The number of thiol groups is 1. The topological polar surface area (TPSA) is 56.7 Å². The highest BCUT2D eigenvalue weighted by Gasteiger charge is 1.85. The van der Waals surface area contributed by atoms with Crippen molar-refractivity contribution in [3.8, 4) is 0 Å². The first-order valence-electron chi connectivity index (χ1n) is 1.65. The molecule has 1 aromatic heterocycles. The molecule has 0 amide bonds. The molecular weight excluding hydrogens is 112 g/mol. The van der Waals surface area contributed by atoms with Crippen molar-refractivity contribution >= 4 is 12.6 Å². The Morgan fingerprint density at radius 1 is 1.86 bits per heavy atom. The molecule has 4 nitrogen and oxygen atoms in total. The van der Waals surface area contributed by atoms with Crippen molar-refractivity contribution in [2.75, 3.05) is 5.84 Å². The van der Waals surface area contributed by atoms with Crippen LogP contribution in [0.3, 0.4) is 0 Å². The van der Waals surface area contributed by atoms with E-state index in [0.717, 1.165) is 4.79 Å². The molecule has 0 spiro atoms. The van der Waals surface area contributed by atoms with Crippen molar-refractivity contribution in [1.29, 1.82) is 0 Å². The van der Waals surface area contributed by atoms with E-state index < -0.39 is 0 Å². The molecule has 1 heterocycles. The smallest absolute Gasteiger partial charge is 0.138 e. The second-order valence-electron chi connectivity index (χ2n) is 1.06. The molecule has 0 fully saturated rings. The zero-order valence-electron chi connectivity index (χ0n) is 3.44. The quantitative estimate of drug-likeness (QED) is 0.347. The van der Waals surface area contributed by atoms with Crippen LogP contribution in [0, 0.1) is 0 Å². The monoisotopic (exact) mass is 116 g/mol. The van der Waals surface area contributed by atoms with Crippen LogP contribution in [-0.4, -0.2) is 15.1 Å². The summed E-state index contributed by atoms with van der Waals surface area (Å²) < 4.78 is 0. The third-order valence-corrected chi connectivity index (χ3v) is 0.703. The normalized spacial score (nSPS) is 9.29. The van der Waals surface area contributed by atoms with Crippen LogP contribution in [0.15, 0.2) is 11.2 Å². The molecule has 0 saturated carbocycles. The lowest BCUT2D eigenvalue weighted by Gasteiger charge is -1.76. The third kappa shape index (κ3) is 0.833. The SMILES string of the molecule is Nn1cc(S)nn1. The van der Waals surface area contributed by atoms with Gasteiger partial charge in [0.05, 0.1) is 6.20 Å². The Labute approximate surface area is 45.7 Å². The highest BCUT2D eigenvalue weighted by molar-refractivity contribution is 7.80. The van der Waals surface area contributed by atoms with Crippen LogP contribution in [0.1, 0.15) is 0 Å². The minimum atomic E-state index is 0.530. The lowest BCUT2D eigenvalue weighted by atomic mass is 10.9. The predicted octanol–water partition coefficient (Wildman–Crippen LogP) is -0.719. The molecular formula is C2H4N4S. The van der Waals surface area contributed by atoms with E-state index >= 15 is 0 Å². The fraction of sp³-hybridized carbons (Fsp3) is 0. The van der Waals surface area contributed by atoms with Crippen LogP contribution >= 0.6 is 12.6 Å². The van der Waals surface area contributed by atoms with Gasteiger partial charge in [0.15, 0.2) is 0 Å². The van der Waals surface area contributed by atoms with E-state index in [0.29, 0.717) is 5.03 Å². The van der Waals surface area contributed by atoms with Gasteiger partial charge in [0, 0.05) is 0 Å². The van der Waals surface area contributed by atoms with E-state index in [1.54, 1.807) is 0 Å². The van der Waals surface area contributed by atoms with Crippen LogP contribution in [0.2, 0.25) is 0 Å². The number of nitrogens with zero attached hydrogens (tertiary/aromatic N) is 3. The average Bonchev–Trinajstić information content (AvgIpc) is 1.87. The van der Waals surface area contributed by atoms with Gasteiger partial charge < -0.3 is 5.84 Å². The maximum Gasteiger partial charge on any atom is 0.138 e. The summed E-state index contributed by atoms with van der Waals surface area (Å²) in [6, 6.07) is 0. The van der Waals surface area contributed by atoms with E-state index in [1.165, 1.54) is 6.20 Å². The van der Waals surface area contributed by atoms with Crippen LogP contribution in [0.25, 0.3) is 0 Å². The summed E-state index contributed by atoms with van der Waals surface area (Å²) in [7, 11) is 0. The molecule has 0 bridgehead atoms. The number of nitrogens with two attached hydrogens (primary N) is 1. The molecule has 1 rings (SSSR count). The first kappa shape index (κ1) is 4.45. The van der Waals surface area contributed by atoms with Gasteiger partial charge in [0.1, 0.15) is 5.03 Å². The third-order valence-electron chi connectivity index (χ3n) is 0.498. The van der Waals surface area contributed by atoms with Crippen molar-refractivity contribution in [3.63, 3.8) is 0 Å². The number of aromatic nitrogens is 3. The van der Waals surface area contributed by atoms with Crippen LogP contribution in [0.5, 0.6) is 0 Å². The Morgan fingerprint density at radius 2 is 2.57 bits per heavy atom. The molecule has 0 aliphatic carbocycles. The van der Waals surface area contributed by atoms with Gasteiger partial charge in [-0.15, -0.1) is 17.7 Å².